The Morgan fingerprint density at radius 1 is 1.12 bits per heavy atom. The van der Waals surface area contributed by atoms with Crippen molar-refractivity contribution in [1.82, 2.24) is 9.97 Å². The van der Waals surface area contributed by atoms with Crippen molar-refractivity contribution in [2.75, 3.05) is 11.4 Å². The van der Waals surface area contributed by atoms with Gasteiger partial charge in [0, 0.05) is 18.7 Å². The Labute approximate surface area is 107 Å². The summed E-state index contributed by atoms with van der Waals surface area (Å²) in [5.74, 6) is 1.88. The van der Waals surface area contributed by atoms with E-state index < -0.39 is 0 Å². The molecule has 3 rings (SSSR count). The molecular formula is C13H18ClN3. The van der Waals surface area contributed by atoms with E-state index in [9.17, 15) is 0 Å². The van der Waals surface area contributed by atoms with Crippen molar-refractivity contribution < 1.29 is 0 Å². The molecule has 0 N–H and O–H groups in total. The molecule has 1 unspecified atom stereocenters. The summed E-state index contributed by atoms with van der Waals surface area (Å²) in [6.45, 7) is 1.12. The molecule has 0 bridgehead atoms. The summed E-state index contributed by atoms with van der Waals surface area (Å²) in [4.78, 5) is 10.8. The highest BCUT2D eigenvalue weighted by Gasteiger charge is 2.33. The standard InChI is InChI=1S/C13H18ClN3/c14-12-8-13(16-9-15-12)17-7-3-6-11(17)10-4-1-2-5-10/h8-11H,1-7H2. The molecule has 1 saturated heterocycles. The van der Waals surface area contributed by atoms with Crippen LogP contribution in [0, 0.1) is 5.92 Å². The van der Waals surface area contributed by atoms with Crippen LogP contribution in [0.15, 0.2) is 12.4 Å². The lowest BCUT2D eigenvalue weighted by Crippen LogP contribution is -2.35. The summed E-state index contributed by atoms with van der Waals surface area (Å²) >= 11 is 5.95. The third-order valence-electron chi connectivity index (χ3n) is 4.16. The monoisotopic (exact) mass is 251 g/mol. The summed E-state index contributed by atoms with van der Waals surface area (Å²) < 4.78 is 0. The first kappa shape index (κ1) is 11.3. The molecule has 1 aromatic rings. The van der Waals surface area contributed by atoms with E-state index in [-0.39, 0.29) is 0 Å². The van der Waals surface area contributed by atoms with E-state index in [1.54, 1.807) is 6.33 Å². The molecule has 92 valence electrons. The van der Waals surface area contributed by atoms with Gasteiger partial charge in [0.1, 0.15) is 17.3 Å². The lowest BCUT2D eigenvalue weighted by Gasteiger charge is -2.30. The van der Waals surface area contributed by atoms with Crippen molar-refractivity contribution in [3.05, 3.63) is 17.5 Å². The molecule has 2 aliphatic rings. The predicted molar refractivity (Wildman–Crippen MR) is 69.4 cm³/mol. The number of anilines is 1. The summed E-state index contributed by atoms with van der Waals surface area (Å²) in [5, 5.41) is 0.548. The molecule has 1 aliphatic carbocycles. The zero-order valence-electron chi connectivity index (χ0n) is 9.98. The lowest BCUT2D eigenvalue weighted by atomic mass is 9.96. The fourth-order valence-corrected chi connectivity index (χ4v) is 3.53. The molecular weight excluding hydrogens is 234 g/mol. The van der Waals surface area contributed by atoms with Gasteiger partial charge in [0.05, 0.1) is 0 Å². The van der Waals surface area contributed by atoms with Crippen LogP contribution < -0.4 is 4.90 Å². The second-order valence-corrected chi connectivity index (χ2v) is 5.53. The van der Waals surface area contributed by atoms with E-state index in [1.807, 2.05) is 6.07 Å². The SMILES string of the molecule is Clc1cc(N2CCCC2C2CCCC2)ncn1. The Hall–Kier alpha value is -0.830. The summed E-state index contributed by atoms with van der Waals surface area (Å²) in [7, 11) is 0. The van der Waals surface area contributed by atoms with Crippen LogP contribution in [0.25, 0.3) is 0 Å². The fourth-order valence-electron chi connectivity index (χ4n) is 3.39. The second kappa shape index (κ2) is 4.81. The van der Waals surface area contributed by atoms with Crippen LogP contribution in [-0.2, 0) is 0 Å². The molecule has 4 heteroatoms. The zero-order chi connectivity index (χ0) is 11.7. The molecule has 0 aromatic carbocycles. The Kier molecular flexibility index (Phi) is 3.19. The highest BCUT2D eigenvalue weighted by Crippen LogP contribution is 2.37. The molecule has 0 amide bonds. The van der Waals surface area contributed by atoms with Crippen molar-refractivity contribution in [2.45, 2.75) is 44.6 Å². The third kappa shape index (κ3) is 2.25. The van der Waals surface area contributed by atoms with E-state index in [0.717, 1.165) is 18.3 Å². The number of nitrogens with zero attached hydrogens (tertiary/aromatic N) is 3. The first-order chi connectivity index (χ1) is 8.34. The number of halogens is 1. The Balaban J connectivity index is 1.81. The molecule has 0 spiro atoms. The van der Waals surface area contributed by atoms with Gasteiger partial charge in [-0.05, 0) is 31.6 Å². The molecule has 1 atom stereocenters. The summed E-state index contributed by atoms with van der Waals surface area (Å²) in [6, 6.07) is 2.58. The average molecular weight is 252 g/mol. The Bertz CT molecular complexity index is 390. The van der Waals surface area contributed by atoms with Crippen molar-refractivity contribution in [1.29, 1.82) is 0 Å². The van der Waals surface area contributed by atoms with Gasteiger partial charge < -0.3 is 4.90 Å². The molecule has 3 nitrogen and oxygen atoms in total. The lowest BCUT2D eigenvalue weighted by molar-refractivity contribution is 0.429. The van der Waals surface area contributed by atoms with E-state index in [4.69, 9.17) is 11.6 Å². The maximum absolute atomic E-state index is 5.95. The van der Waals surface area contributed by atoms with Crippen LogP contribution in [0.5, 0.6) is 0 Å². The number of hydrogen-bond acceptors (Lipinski definition) is 3. The van der Waals surface area contributed by atoms with Gasteiger partial charge in [0.15, 0.2) is 0 Å². The van der Waals surface area contributed by atoms with E-state index in [0.29, 0.717) is 11.2 Å². The van der Waals surface area contributed by atoms with Crippen molar-refractivity contribution in [3.63, 3.8) is 0 Å². The van der Waals surface area contributed by atoms with Crippen molar-refractivity contribution in [2.24, 2.45) is 5.92 Å². The topological polar surface area (TPSA) is 29.0 Å². The Morgan fingerprint density at radius 2 is 1.94 bits per heavy atom. The van der Waals surface area contributed by atoms with E-state index in [1.165, 1.54) is 38.5 Å². The van der Waals surface area contributed by atoms with Crippen molar-refractivity contribution in [3.8, 4) is 0 Å². The largest absolute Gasteiger partial charge is 0.353 e. The molecule has 17 heavy (non-hydrogen) atoms. The van der Waals surface area contributed by atoms with Crippen LogP contribution in [0.1, 0.15) is 38.5 Å². The summed E-state index contributed by atoms with van der Waals surface area (Å²) in [6.07, 6.45) is 9.75. The van der Waals surface area contributed by atoms with Crippen LogP contribution in [0.4, 0.5) is 5.82 Å². The Morgan fingerprint density at radius 3 is 2.71 bits per heavy atom. The van der Waals surface area contributed by atoms with E-state index >= 15 is 0 Å². The van der Waals surface area contributed by atoms with Gasteiger partial charge in [-0.3, -0.25) is 0 Å². The van der Waals surface area contributed by atoms with Crippen LogP contribution in [-0.4, -0.2) is 22.6 Å². The molecule has 2 fully saturated rings. The number of aromatic nitrogens is 2. The maximum atomic E-state index is 5.95. The van der Waals surface area contributed by atoms with Crippen molar-refractivity contribution >= 4 is 17.4 Å². The minimum atomic E-state index is 0.548. The maximum Gasteiger partial charge on any atom is 0.134 e. The molecule has 1 aliphatic heterocycles. The highest BCUT2D eigenvalue weighted by atomic mass is 35.5. The smallest absolute Gasteiger partial charge is 0.134 e. The van der Waals surface area contributed by atoms with Gasteiger partial charge in [0.2, 0.25) is 0 Å². The third-order valence-corrected chi connectivity index (χ3v) is 4.36. The average Bonchev–Trinajstić information content (AvgIpc) is 3.00. The quantitative estimate of drug-likeness (QED) is 0.756. The van der Waals surface area contributed by atoms with Gasteiger partial charge >= 0.3 is 0 Å². The van der Waals surface area contributed by atoms with Gasteiger partial charge in [0.25, 0.3) is 0 Å². The highest BCUT2D eigenvalue weighted by molar-refractivity contribution is 6.29. The second-order valence-electron chi connectivity index (χ2n) is 5.15. The van der Waals surface area contributed by atoms with Gasteiger partial charge in [-0.1, -0.05) is 24.4 Å². The van der Waals surface area contributed by atoms with Crippen LogP contribution in [0.2, 0.25) is 5.15 Å². The molecule has 2 heterocycles. The molecule has 0 radical (unpaired) electrons. The molecule has 1 aromatic heterocycles. The van der Waals surface area contributed by atoms with Gasteiger partial charge in [-0.15, -0.1) is 0 Å². The minimum absolute atomic E-state index is 0.548. The molecule has 1 saturated carbocycles. The number of hydrogen-bond donors (Lipinski definition) is 0. The summed E-state index contributed by atoms with van der Waals surface area (Å²) in [5.41, 5.74) is 0. The zero-order valence-corrected chi connectivity index (χ0v) is 10.7. The van der Waals surface area contributed by atoms with E-state index in [2.05, 4.69) is 14.9 Å². The number of rotatable bonds is 2. The van der Waals surface area contributed by atoms with Gasteiger partial charge in [-0.25, -0.2) is 9.97 Å². The van der Waals surface area contributed by atoms with Gasteiger partial charge in [-0.2, -0.15) is 0 Å². The predicted octanol–water partition coefficient (Wildman–Crippen LogP) is 3.29. The minimum Gasteiger partial charge on any atom is -0.353 e. The fraction of sp³-hybridized carbons (Fsp3) is 0.692. The van der Waals surface area contributed by atoms with Crippen LogP contribution in [0.3, 0.4) is 0 Å². The first-order valence-electron chi connectivity index (χ1n) is 6.59. The first-order valence-corrected chi connectivity index (χ1v) is 6.96. The van der Waals surface area contributed by atoms with Crippen LogP contribution >= 0.6 is 11.6 Å². The normalized spacial score (nSPS) is 25.7.